The molecule has 0 unspecified atom stereocenters. The molecule has 0 radical (unpaired) electrons. The van der Waals surface area contributed by atoms with Crippen LogP contribution in [0.25, 0.3) is 10.2 Å². The Morgan fingerprint density at radius 2 is 1.84 bits per heavy atom. The summed E-state index contributed by atoms with van der Waals surface area (Å²) in [5, 5.41) is 2.74. The molecule has 3 heterocycles. The van der Waals surface area contributed by atoms with Crippen molar-refractivity contribution in [1.82, 2.24) is 19.4 Å². The molecule has 0 spiro atoms. The molecule has 0 atom stereocenters. The van der Waals surface area contributed by atoms with E-state index in [2.05, 4.69) is 5.32 Å². The largest absolute Gasteiger partial charge is 0.390 e. The van der Waals surface area contributed by atoms with Crippen molar-refractivity contribution in [2.45, 2.75) is 58.9 Å². The van der Waals surface area contributed by atoms with Crippen LogP contribution in [0.3, 0.4) is 0 Å². The molecule has 12 heteroatoms. The number of aryl methyl sites for hydroxylation is 2. The highest BCUT2D eigenvalue weighted by Gasteiger charge is 2.42. The molecule has 2 aromatic heterocycles. The summed E-state index contributed by atoms with van der Waals surface area (Å²) in [7, 11) is 0. The summed E-state index contributed by atoms with van der Waals surface area (Å²) in [6, 6.07) is 0. The van der Waals surface area contributed by atoms with E-state index in [-0.39, 0.29) is 40.6 Å². The first-order valence-corrected chi connectivity index (χ1v) is 10.6. The number of amides is 2. The summed E-state index contributed by atoms with van der Waals surface area (Å²) < 4.78 is 40.3. The topological polar surface area (TPSA) is 93.4 Å². The van der Waals surface area contributed by atoms with Crippen LogP contribution < -0.4 is 16.6 Å². The fourth-order valence-electron chi connectivity index (χ4n) is 3.69. The lowest BCUT2D eigenvalue weighted by molar-refractivity contribution is -0.136. The highest BCUT2D eigenvalue weighted by molar-refractivity contribution is 7.20. The van der Waals surface area contributed by atoms with Crippen LogP contribution in [-0.4, -0.2) is 50.7 Å². The van der Waals surface area contributed by atoms with Gasteiger partial charge >= 0.3 is 11.9 Å². The predicted molar refractivity (Wildman–Crippen MR) is 110 cm³/mol. The Kier molecular flexibility index (Phi) is 5.80. The third-order valence-corrected chi connectivity index (χ3v) is 6.82. The summed E-state index contributed by atoms with van der Waals surface area (Å²) in [6.07, 6.45) is -5.74. The van der Waals surface area contributed by atoms with E-state index in [9.17, 15) is 32.3 Å². The highest BCUT2D eigenvalue weighted by atomic mass is 32.1. The van der Waals surface area contributed by atoms with E-state index in [1.807, 2.05) is 0 Å². The zero-order valence-electron chi connectivity index (χ0n) is 17.6. The second kappa shape index (κ2) is 7.81. The van der Waals surface area contributed by atoms with Gasteiger partial charge in [0.05, 0.1) is 16.7 Å². The Morgan fingerprint density at radius 1 is 1.19 bits per heavy atom. The van der Waals surface area contributed by atoms with Crippen molar-refractivity contribution in [2.24, 2.45) is 0 Å². The van der Waals surface area contributed by atoms with Gasteiger partial charge in [-0.25, -0.2) is 4.79 Å². The summed E-state index contributed by atoms with van der Waals surface area (Å²) in [6.45, 7) is 6.08. The predicted octanol–water partition coefficient (Wildman–Crippen LogP) is 1.86. The van der Waals surface area contributed by atoms with E-state index in [1.165, 1.54) is 11.8 Å². The number of halogens is 3. The van der Waals surface area contributed by atoms with Crippen LogP contribution in [0.2, 0.25) is 0 Å². The van der Waals surface area contributed by atoms with E-state index in [4.69, 9.17) is 0 Å². The van der Waals surface area contributed by atoms with Gasteiger partial charge in [-0.3, -0.25) is 23.5 Å². The number of aromatic nitrogens is 2. The van der Waals surface area contributed by atoms with Crippen LogP contribution in [0.4, 0.5) is 13.2 Å². The zero-order valence-corrected chi connectivity index (χ0v) is 18.4. The minimum Gasteiger partial charge on any atom is -0.352 e. The number of nitrogens with one attached hydrogen (secondary N) is 1. The number of fused-ring (bicyclic) bond motifs is 1. The number of thiophene rings is 1. The third kappa shape index (κ3) is 3.88. The highest BCUT2D eigenvalue weighted by Crippen LogP contribution is 2.32. The molecule has 2 aromatic rings. The summed E-state index contributed by atoms with van der Waals surface area (Å²) in [5.41, 5.74) is -2.34. The van der Waals surface area contributed by atoms with Crippen molar-refractivity contribution in [1.29, 1.82) is 0 Å². The maximum atomic E-state index is 13.3. The minimum atomic E-state index is -4.49. The lowest BCUT2D eigenvalue weighted by Gasteiger charge is -2.41. The number of hydrogen-bond donors (Lipinski definition) is 1. The van der Waals surface area contributed by atoms with Gasteiger partial charge in [0, 0.05) is 26.2 Å². The Bertz CT molecular complexity index is 1180. The molecule has 1 aliphatic rings. The molecule has 1 N–H and O–H groups in total. The van der Waals surface area contributed by atoms with Crippen LogP contribution in [0.1, 0.15) is 42.4 Å². The minimum absolute atomic E-state index is 0.0164. The molecule has 0 bridgehead atoms. The molecule has 1 saturated heterocycles. The number of nitrogens with zero attached hydrogens (tertiary/aromatic N) is 3. The van der Waals surface area contributed by atoms with E-state index >= 15 is 0 Å². The molecule has 0 aromatic carbocycles. The van der Waals surface area contributed by atoms with E-state index in [1.54, 1.807) is 20.8 Å². The van der Waals surface area contributed by atoms with E-state index in [0.717, 1.165) is 20.5 Å². The monoisotopic (exact) mass is 460 g/mol. The van der Waals surface area contributed by atoms with Gasteiger partial charge < -0.3 is 10.2 Å². The lowest BCUT2D eigenvalue weighted by Crippen LogP contribution is -2.63. The van der Waals surface area contributed by atoms with Crippen molar-refractivity contribution < 1.29 is 22.8 Å². The van der Waals surface area contributed by atoms with Crippen LogP contribution in [0.15, 0.2) is 9.59 Å². The summed E-state index contributed by atoms with van der Waals surface area (Å²) in [4.78, 5) is 52.7. The van der Waals surface area contributed by atoms with Crippen molar-refractivity contribution in [3.05, 3.63) is 31.3 Å². The Balaban J connectivity index is 2.22. The first-order chi connectivity index (χ1) is 14.3. The summed E-state index contributed by atoms with van der Waals surface area (Å²) in [5.74, 6) is -0.836. The maximum absolute atomic E-state index is 13.3. The molecule has 0 aliphatic carbocycles. The van der Waals surface area contributed by atoms with Gasteiger partial charge in [-0.15, -0.1) is 11.3 Å². The average molecular weight is 460 g/mol. The molecule has 1 fully saturated rings. The Labute approximate surface area is 179 Å². The molecule has 1 aliphatic heterocycles. The van der Waals surface area contributed by atoms with Crippen LogP contribution in [0.5, 0.6) is 0 Å². The SMILES string of the molecule is CCn1c(=O)c2c(C)c(C(=O)N3CCNC(=O)C3(C)C)sc2n(CCC(F)(F)F)c1=O. The number of alkyl halides is 3. The van der Waals surface area contributed by atoms with Crippen LogP contribution >= 0.6 is 11.3 Å². The molecule has 2 amide bonds. The van der Waals surface area contributed by atoms with Crippen molar-refractivity contribution >= 4 is 33.4 Å². The molecule has 8 nitrogen and oxygen atoms in total. The van der Waals surface area contributed by atoms with E-state index < -0.39 is 41.8 Å². The van der Waals surface area contributed by atoms with Gasteiger partial charge in [0.25, 0.3) is 11.5 Å². The fraction of sp³-hybridized carbons (Fsp3) is 0.579. The normalized spacial score (nSPS) is 16.6. The second-order valence-electron chi connectivity index (χ2n) is 7.86. The molecular weight excluding hydrogens is 437 g/mol. The number of carbonyl (C=O) groups is 2. The zero-order chi connectivity index (χ0) is 23.3. The summed E-state index contributed by atoms with van der Waals surface area (Å²) >= 11 is 0.812. The number of piperazine rings is 1. The molecular formula is C19H23F3N4O4S. The van der Waals surface area contributed by atoms with Crippen molar-refractivity contribution in [2.75, 3.05) is 13.1 Å². The van der Waals surface area contributed by atoms with Crippen molar-refractivity contribution in [3.63, 3.8) is 0 Å². The lowest BCUT2D eigenvalue weighted by atomic mass is 9.98. The van der Waals surface area contributed by atoms with Gasteiger partial charge in [-0.05, 0) is 33.3 Å². The molecule has 170 valence electrons. The first kappa shape index (κ1) is 23.0. The van der Waals surface area contributed by atoms with Gasteiger partial charge in [-0.1, -0.05) is 0 Å². The Hall–Kier alpha value is -2.63. The quantitative estimate of drug-likeness (QED) is 0.754. The fourth-order valence-corrected chi connectivity index (χ4v) is 4.96. The van der Waals surface area contributed by atoms with Gasteiger partial charge in [-0.2, -0.15) is 13.2 Å². The van der Waals surface area contributed by atoms with Gasteiger partial charge in [0.15, 0.2) is 0 Å². The maximum Gasteiger partial charge on any atom is 0.390 e. The second-order valence-corrected chi connectivity index (χ2v) is 8.86. The van der Waals surface area contributed by atoms with Gasteiger partial charge in [0.2, 0.25) is 5.91 Å². The third-order valence-electron chi connectivity index (χ3n) is 5.52. The number of hydrogen-bond acceptors (Lipinski definition) is 5. The molecule has 3 rings (SSSR count). The molecule has 0 saturated carbocycles. The molecule has 31 heavy (non-hydrogen) atoms. The van der Waals surface area contributed by atoms with Crippen LogP contribution in [0, 0.1) is 6.92 Å². The van der Waals surface area contributed by atoms with E-state index in [0.29, 0.717) is 5.56 Å². The van der Waals surface area contributed by atoms with Gasteiger partial charge in [0.1, 0.15) is 10.4 Å². The number of rotatable bonds is 4. The first-order valence-electron chi connectivity index (χ1n) is 9.75. The smallest absolute Gasteiger partial charge is 0.352 e. The van der Waals surface area contributed by atoms with Crippen molar-refractivity contribution in [3.8, 4) is 0 Å². The average Bonchev–Trinajstić information content (AvgIpc) is 3.00. The Morgan fingerprint density at radius 3 is 2.42 bits per heavy atom. The standard InChI is InChI=1S/C19H23F3N4O4S/c1-5-24-13(27)11-10(2)12(14(28)26-9-7-23-16(29)18(26,3)4)31-15(11)25(17(24)30)8-6-19(20,21)22/h5-9H2,1-4H3,(H,23,29). The van der Waals surface area contributed by atoms with Crippen LogP contribution in [-0.2, 0) is 17.9 Å². The number of carbonyl (C=O) groups excluding carboxylic acids is 2.